The summed E-state index contributed by atoms with van der Waals surface area (Å²) in [5.41, 5.74) is -0.0960. The summed E-state index contributed by atoms with van der Waals surface area (Å²) in [6.45, 7) is 4.64. The van der Waals surface area contributed by atoms with Gasteiger partial charge in [0.05, 0.1) is 6.07 Å². The summed E-state index contributed by atoms with van der Waals surface area (Å²) in [5.74, 6) is 0.822. The highest BCUT2D eigenvalue weighted by atomic mass is 15.2. The summed E-state index contributed by atoms with van der Waals surface area (Å²) >= 11 is 0. The second-order valence-electron chi connectivity index (χ2n) is 5.37. The first-order chi connectivity index (χ1) is 7.27. The zero-order chi connectivity index (χ0) is 10.7. The van der Waals surface area contributed by atoms with Gasteiger partial charge in [0, 0.05) is 0 Å². The normalized spacial score (nSPS) is 38.5. The van der Waals surface area contributed by atoms with Gasteiger partial charge in [-0.25, -0.2) is 0 Å². The highest BCUT2D eigenvalue weighted by Gasteiger charge is 2.39. The third-order valence-electron chi connectivity index (χ3n) is 4.26. The molecule has 2 rings (SSSR count). The standard InChI is InChI=1S/C13H22N2/c1-12-5-4-7-13(11-14,8-6-12)15-9-2-3-10-15/h12H,2-10H2,1H3. The van der Waals surface area contributed by atoms with Crippen LogP contribution in [0.5, 0.6) is 0 Å². The summed E-state index contributed by atoms with van der Waals surface area (Å²) < 4.78 is 0. The van der Waals surface area contributed by atoms with E-state index in [1.165, 1.54) is 32.1 Å². The maximum absolute atomic E-state index is 9.52. The molecule has 2 atom stereocenters. The zero-order valence-electron chi connectivity index (χ0n) is 9.84. The Kier molecular flexibility index (Phi) is 3.31. The number of rotatable bonds is 1. The fraction of sp³-hybridized carbons (Fsp3) is 0.923. The van der Waals surface area contributed by atoms with Gasteiger partial charge in [0.1, 0.15) is 5.54 Å². The van der Waals surface area contributed by atoms with Crippen LogP contribution < -0.4 is 0 Å². The summed E-state index contributed by atoms with van der Waals surface area (Å²) in [4.78, 5) is 2.46. The Morgan fingerprint density at radius 3 is 2.53 bits per heavy atom. The van der Waals surface area contributed by atoms with Crippen molar-refractivity contribution in [2.24, 2.45) is 5.92 Å². The summed E-state index contributed by atoms with van der Waals surface area (Å²) in [6.07, 6.45) is 8.59. The van der Waals surface area contributed by atoms with E-state index < -0.39 is 0 Å². The number of nitrogens with zero attached hydrogens (tertiary/aromatic N) is 2. The minimum atomic E-state index is -0.0960. The van der Waals surface area contributed by atoms with E-state index in [1.807, 2.05) is 0 Å². The van der Waals surface area contributed by atoms with Crippen molar-refractivity contribution < 1.29 is 0 Å². The molecule has 0 spiro atoms. The number of hydrogen-bond donors (Lipinski definition) is 0. The van der Waals surface area contributed by atoms with Gasteiger partial charge in [-0.05, 0) is 51.1 Å². The van der Waals surface area contributed by atoms with Gasteiger partial charge in [-0.3, -0.25) is 4.90 Å². The van der Waals surface area contributed by atoms with E-state index in [9.17, 15) is 5.26 Å². The molecular weight excluding hydrogens is 184 g/mol. The average molecular weight is 206 g/mol. The topological polar surface area (TPSA) is 27.0 Å². The van der Waals surface area contributed by atoms with Gasteiger partial charge in [0.2, 0.25) is 0 Å². The molecule has 1 saturated carbocycles. The lowest BCUT2D eigenvalue weighted by Crippen LogP contribution is -2.45. The van der Waals surface area contributed by atoms with E-state index in [-0.39, 0.29) is 5.54 Å². The molecule has 2 aliphatic rings. The molecule has 2 heteroatoms. The second-order valence-corrected chi connectivity index (χ2v) is 5.37. The molecule has 0 amide bonds. The largest absolute Gasteiger partial charge is 0.286 e. The van der Waals surface area contributed by atoms with E-state index in [4.69, 9.17) is 0 Å². The molecule has 84 valence electrons. The molecule has 2 unspecified atom stereocenters. The first-order valence-corrected chi connectivity index (χ1v) is 6.43. The maximum Gasteiger partial charge on any atom is 0.109 e. The Labute approximate surface area is 93.3 Å². The van der Waals surface area contributed by atoms with Crippen molar-refractivity contribution in [3.8, 4) is 6.07 Å². The van der Waals surface area contributed by atoms with Gasteiger partial charge in [0.25, 0.3) is 0 Å². The lowest BCUT2D eigenvalue weighted by molar-refractivity contribution is 0.152. The van der Waals surface area contributed by atoms with Gasteiger partial charge in [-0.1, -0.05) is 19.8 Å². The Balaban J connectivity index is 2.09. The van der Waals surface area contributed by atoms with Gasteiger partial charge < -0.3 is 0 Å². The van der Waals surface area contributed by atoms with Crippen LogP contribution >= 0.6 is 0 Å². The number of likely N-dealkylation sites (tertiary alicyclic amines) is 1. The Bertz CT molecular complexity index is 250. The highest BCUT2D eigenvalue weighted by molar-refractivity contribution is 5.10. The molecule has 1 heterocycles. The SMILES string of the molecule is CC1CCCC(C#N)(N2CCCC2)CC1. The van der Waals surface area contributed by atoms with E-state index in [0.29, 0.717) is 0 Å². The van der Waals surface area contributed by atoms with Crippen LogP contribution in [0.4, 0.5) is 0 Å². The summed E-state index contributed by atoms with van der Waals surface area (Å²) in [6, 6.07) is 2.65. The highest BCUT2D eigenvalue weighted by Crippen LogP contribution is 2.36. The molecule has 0 bridgehead atoms. The smallest absolute Gasteiger partial charge is 0.109 e. The third-order valence-corrected chi connectivity index (χ3v) is 4.26. The van der Waals surface area contributed by atoms with Crippen molar-refractivity contribution in [3.05, 3.63) is 0 Å². The zero-order valence-corrected chi connectivity index (χ0v) is 9.84. The molecule has 1 aliphatic carbocycles. The third kappa shape index (κ3) is 2.18. The van der Waals surface area contributed by atoms with Crippen LogP contribution in [-0.2, 0) is 0 Å². The van der Waals surface area contributed by atoms with Gasteiger partial charge >= 0.3 is 0 Å². The lowest BCUT2D eigenvalue weighted by Gasteiger charge is -2.35. The summed E-state index contributed by atoms with van der Waals surface area (Å²) in [5, 5.41) is 9.52. The molecule has 0 aromatic rings. The minimum absolute atomic E-state index is 0.0960. The number of nitriles is 1. The fourth-order valence-corrected chi connectivity index (χ4v) is 3.14. The predicted octanol–water partition coefficient (Wildman–Crippen LogP) is 2.94. The lowest BCUT2D eigenvalue weighted by atomic mass is 9.89. The molecule has 15 heavy (non-hydrogen) atoms. The molecule has 0 N–H and O–H groups in total. The molecular formula is C13H22N2. The van der Waals surface area contributed by atoms with Crippen LogP contribution in [0.25, 0.3) is 0 Å². The second kappa shape index (κ2) is 4.53. The van der Waals surface area contributed by atoms with Crippen LogP contribution in [0.15, 0.2) is 0 Å². The van der Waals surface area contributed by atoms with Gasteiger partial charge in [-0.2, -0.15) is 5.26 Å². The molecule has 2 nitrogen and oxygen atoms in total. The Hall–Kier alpha value is -0.550. The van der Waals surface area contributed by atoms with Crippen LogP contribution in [0.1, 0.15) is 51.9 Å². The minimum Gasteiger partial charge on any atom is -0.286 e. The molecule has 0 radical (unpaired) electrons. The van der Waals surface area contributed by atoms with Crippen LogP contribution in [0.2, 0.25) is 0 Å². The predicted molar refractivity (Wildman–Crippen MR) is 61.4 cm³/mol. The molecule has 2 fully saturated rings. The van der Waals surface area contributed by atoms with Crippen molar-refractivity contribution in [1.29, 1.82) is 5.26 Å². The Morgan fingerprint density at radius 2 is 1.87 bits per heavy atom. The van der Waals surface area contributed by atoms with E-state index >= 15 is 0 Å². The average Bonchev–Trinajstić information content (AvgIpc) is 2.71. The quantitative estimate of drug-likeness (QED) is 0.617. The monoisotopic (exact) mass is 206 g/mol. The van der Waals surface area contributed by atoms with E-state index in [2.05, 4.69) is 17.9 Å². The Morgan fingerprint density at radius 1 is 1.13 bits per heavy atom. The molecule has 1 aliphatic heterocycles. The van der Waals surface area contributed by atoms with E-state index in [1.54, 1.807) is 0 Å². The van der Waals surface area contributed by atoms with E-state index in [0.717, 1.165) is 31.8 Å². The molecule has 0 aromatic heterocycles. The van der Waals surface area contributed by atoms with Crippen molar-refractivity contribution >= 4 is 0 Å². The summed E-state index contributed by atoms with van der Waals surface area (Å²) in [7, 11) is 0. The van der Waals surface area contributed by atoms with Crippen LogP contribution in [0, 0.1) is 17.2 Å². The van der Waals surface area contributed by atoms with Gasteiger partial charge in [0.15, 0.2) is 0 Å². The first-order valence-electron chi connectivity index (χ1n) is 6.43. The fourth-order valence-electron chi connectivity index (χ4n) is 3.14. The van der Waals surface area contributed by atoms with Crippen molar-refractivity contribution in [3.63, 3.8) is 0 Å². The van der Waals surface area contributed by atoms with Crippen molar-refractivity contribution in [2.75, 3.05) is 13.1 Å². The number of hydrogen-bond acceptors (Lipinski definition) is 2. The van der Waals surface area contributed by atoms with Crippen LogP contribution in [0.3, 0.4) is 0 Å². The first kappa shape index (κ1) is 11.0. The van der Waals surface area contributed by atoms with Crippen molar-refractivity contribution in [2.45, 2.75) is 57.4 Å². The van der Waals surface area contributed by atoms with Gasteiger partial charge in [-0.15, -0.1) is 0 Å². The molecule has 1 saturated heterocycles. The maximum atomic E-state index is 9.52. The van der Waals surface area contributed by atoms with Crippen molar-refractivity contribution in [1.82, 2.24) is 4.90 Å². The van der Waals surface area contributed by atoms with Crippen LogP contribution in [-0.4, -0.2) is 23.5 Å². The molecule has 0 aromatic carbocycles.